The molecule has 0 unspecified atom stereocenters. The molecule has 8 nitrogen and oxygen atoms in total. The van der Waals surface area contributed by atoms with E-state index in [0.717, 1.165) is 18.3 Å². The van der Waals surface area contributed by atoms with Crippen molar-refractivity contribution < 1.29 is 5.11 Å². The van der Waals surface area contributed by atoms with Crippen molar-refractivity contribution in [1.82, 2.24) is 24.6 Å². The van der Waals surface area contributed by atoms with Crippen molar-refractivity contribution in [3.63, 3.8) is 0 Å². The van der Waals surface area contributed by atoms with E-state index in [1.807, 2.05) is 6.07 Å². The van der Waals surface area contributed by atoms with Crippen molar-refractivity contribution in [2.45, 2.75) is 18.9 Å². The van der Waals surface area contributed by atoms with Crippen LogP contribution in [0, 0.1) is 0 Å². The number of aromatic nitrogens is 5. The molecule has 106 valence electrons. The SMILES string of the molecule is O=c1[nH]c(O)c(C=c2cnn3c(=NC4CC4)ccnc23)[nH]1. The number of H-pyrrole nitrogens is 2. The summed E-state index contributed by atoms with van der Waals surface area (Å²) >= 11 is 0. The van der Waals surface area contributed by atoms with Gasteiger partial charge in [0.1, 0.15) is 5.69 Å². The van der Waals surface area contributed by atoms with Gasteiger partial charge in [-0.25, -0.2) is 9.78 Å². The molecule has 1 fully saturated rings. The van der Waals surface area contributed by atoms with E-state index in [1.54, 1.807) is 23.0 Å². The third-order valence-corrected chi connectivity index (χ3v) is 3.31. The van der Waals surface area contributed by atoms with Crippen LogP contribution in [0.2, 0.25) is 0 Å². The van der Waals surface area contributed by atoms with Crippen molar-refractivity contribution in [3.8, 4) is 5.88 Å². The Morgan fingerprint density at radius 3 is 3.00 bits per heavy atom. The number of aromatic amines is 2. The van der Waals surface area contributed by atoms with Crippen molar-refractivity contribution in [2.24, 2.45) is 4.99 Å². The number of hydrogen-bond acceptors (Lipinski definition) is 5. The van der Waals surface area contributed by atoms with Gasteiger partial charge >= 0.3 is 5.69 Å². The molecule has 3 aromatic heterocycles. The molecule has 1 aliphatic carbocycles. The average Bonchev–Trinajstić information content (AvgIpc) is 3.09. The lowest BCUT2D eigenvalue weighted by molar-refractivity contribution is 0.454. The van der Waals surface area contributed by atoms with Crippen LogP contribution in [-0.4, -0.2) is 35.7 Å². The Labute approximate surface area is 117 Å². The van der Waals surface area contributed by atoms with E-state index in [1.165, 1.54) is 0 Å². The van der Waals surface area contributed by atoms with E-state index < -0.39 is 5.69 Å². The summed E-state index contributed by atoms with van der Waals surface area (Å²) in [5.74, 6) is -0.210. The predicted octanol–water partition coefficient (Wildman–Crippen LogP) is -0.938. The fraction of sp³-hybridized carbons (Fsp3) is 0.231. The molecule has 4 rings (SSSR count). The first-order valence-corrected chi connectivity index (χ1v) is 6.60. The second kappa shape index (κ2) is 4.30. The summed E-state index contributed by atoms with van der Waals surface area (Å²) in [7, 11) is 0. The maximum absolute atomic E-state index is 11.1. The second-order valence-corrected chi connectivity index (χ2v) is 4.98. The highest BCUT2D eigenvalue weighted by molar-refractivity contribution is 5.56. The highest BCUT2D eigenvalue weighted by atomic mass is 16.3. The van der Waals surface area contributed by atoms with Crippen LogP contribution in [0.15, 0.2) is 28.2 Å². The van der Waals surface area contributed by atoms with Gasteiger partial charge in [0.15, 0.2) is 11.1 Å². The maximum Gasteiger partial charge on any atom is 0.326 e. The first-order chi connectivity index (χ1) is 10.2. The molecule has 0 amide bonds. The normalized spacial score (nSPS) is 17.0. The van der Waals surface area contributed by atoms with E-state index in [4.69, 9.17) is 0 Å². The van der Waals surface area contributed by atoms with E-state index in [2.05, 4.69) is 25.0 Å². The molecule has 0 bridgehead atoms. The number of nitrogens with zero attached hydrogens (tertiary/aromatic N) is 4. The highest BCUT2D eigenvalue weighted by Gasteiger charge is 2.19. The van der Waals surface area contributed by atoms with Gasteiger partial charge in [-0.15, -0.1) is 0 Å². The van der Waals surface area contributed by atoms with Gasteiger partial charge in [-0.2, -0.15) is 9.61 Å². The minimum Gasteiger partial charge on any atom is -0.493 e. The van der Waals surface area contributed by atoms with Gasteiger partial charge in [0.2, 0.25) is 5.88 Å². The molecule has 3 aromatic rings. The summed E-state index contributed by atoms with van der Waals surface area (Å²) in [6.07, 6.45) is 7.14. The smallest absolute Gasteiger partial charge is 0.326 e. The van der Waals surface area contributed by atoms with Gasteiger partial charge in [-0.1, -0.05) is 0 Å². The van der Waals surface area contributed by atoms with E-state index in [9.17, 15) is 9.90 Å². The van der Waals surface area contributed by atoms with Gasteiger partial charge in [-0.3, -0.25) is 9.98 Å². The van der Waals surface area contributed by atoms with E-state index >= 15 is 0 Å². The van der Waals surface area contributed by atoms with E-state index in [-0.39, 0.29) is 5.88 Å². The molecule has 8 heteroatoms. The average molecular weight is 284 g/mol. The molecular weight excluding hydrogens is 272 g/mol. The van der Waals surface area contributed by atoms with Gasteiger partial charge < -0.3 is 10.1 Å². The Morgan fingerprint density at radius 1 is 1.43 bits per heavy atom. The minimum absolute atomic E-state index is 0.210. The minimum atomic E-state index is -0.465. The topological polar surface area (TPSA) is 111 Å². The molecule has 3 heterocycles. The maximum atomic E-state index is 11.1. The summed E-state index contributed by atoms with van der Waals surface area (Å²) in [4.78, 5) is 24.8. The summed E-state index contributed by atoms with van der Waals surface area (Å²) < 4.78 is 1.66. The van der Waals surface area contributed by atoms with Crippen LogP contribution in [0.25, 0.3) is 11.7 Å². The van der Waals surface area contributed by atoms with Gasteiger partial charge in [0.05, 0.1) is 12.2 Å². The zero-order chi connectivity index (χ0) is 14.4. The Balaban J connectivity index is 1.95. The quantitative estimate of drug-likeness (QED) is 0.564. The predicted molar refractivity (Wildman–Crippen MR) is 73.4 cm³/mol. The number of fused-ring (bicyclic) bond motifs is 1. The van der Waals surface area contributed by atoms with Crippen LogP contribution in [-0.2, 0) is 0 Å². The number of imidazole rings is 1. The van der Waals surface area contributed by atoms with Crippen LogP contribution < -0.4 is 16.4 Å². The number of hydrogen-bond donors (Lipinski definition) is 3. The first-order valence-electron chi connectivity index (χ1n) is 6.60. The van der Waals surface area contributed by atoms with Crippen molar-refractivity contribution in [2.75, 3.05) is 0 Å². The highest BCUT2D eigenvalue weighted by Crippen LogP contribution is 2.22. The zero-order valence-electron chi connectivity index (χ0n) is 10.9. The number of rotatable bonds is 2. The van der Waals surface area contributed by atoms with Gasteiger partial charge in [0.25, 0.3) is 0 Å². The number of nitrogens with one attached hydrogen (secondary N) is 2. The van der Waals surface area contributed by atoms with Crippen molar-refractivity contribution >= 4 is 11.7 Å². The standard InChI is InChI=1S/C13H12N6O2/c20-12-9(17-13(21)18-12)5-7-6-15-19-10(16-8-1-2-8)3-4-14-11(7)19/h3-6,8,20H,1-2H2,(H2,17,18,21). The molecule has 0 spiro atoms. The van der Waals surface area contributed by atoms with Crippen LogP contribution >= 0.6 is 0 Å². The molecule has 21 heavy (non-hydrogen) atoms. The van der Waals surface area contributed by atoms with Gasteiger partial charge in [0, 0.05) is 17.5 Å². The third-order valence-electron chi connectivity index (χ3n) is 3.31. The third kappa shape index (κ3) is 2.10. The van der Waals surface area contributed by atoms with Crippen LogP contribution in [0.4, 0.5) is 0 Å². The Kier molecular flexibility index (Phi) is 2.44. The Morgan fingerprint density at radius 2 is 2.29 bits per heavy atom. The molecule has 3 N–H and O–H groups in total. The van der Waals surface area contributed by atoms with Crippen LogP contribution in [0.3, 0.4) is 0 Å². The molecule has 1 saturated carbocycles. The number of aromatic hydroxyl groups is 1. The molecular formula is C13H12N6O2. The summed E-state index contributed by atoms with van der Waals surface area (Å²) in [5.41, 5.74) is 1.21. The summed E-state index contributed by atoms with van der Waals surface area (Å²) in [5, 5.41) is 14.6. The molecule has 0 aliphatic heterocycles. The molecule has 0 atom stereocenters. The van der Waals surface area contributed by atoms with E-state index in [0.29, 0.717) is 22.6 Å². The Hall–Kier alpha value is -2.90. The molecule has 0 saturated heterocycles. The summed E-state index contributed by atoms with van der Waals surface area (Å²) in [6.45, 7) is 0. The summed E-state index contributed by atoms with van der Waals surface area (Å²) in [6, 6.07) is 2.20. The largest absolute Gasteiger partial charge is 0.493 e. The lowest BCUT2D eigenvalue weighted by atomic mass is 10.3. The van der Waals surface area contributed by atoms with Crippen molar-refractivity contribution in [1.29, 1.82) is 0 Å². The monoisotopic (exact) mass is 284 g/mol. The van der Waals surface area contributed by atoms with Crippen molar-refractivity contribution in [3.05, 3.63) is 45.3 Å². The fourth-order valence-corrected chi connectivity index (χ4v) is 2.13. The van der Waals surface area contributed by atoms with Crippen LogP contribution in [0.5, 0.6) is 5.88 Å². The molecule has 0 radical (unpaired) electrons. The zero-order valence-corrected chi connectivity index (χ0v) is 10.9. The lowest BCUT2D eigenvalue weighted by Crippen LogP contribution is -2.17. The second-order valence-electron chi connectivity index (χ2n) is 4.98. The molecule has 0 aromatic carbocycles. The first kappa shape index (κ1) is 11.9. The lowest BCUT2D eigenvalue weighted by Gasteiger charge is -1.93. The van der Waals surface area contributed by atoms with Crippen LogP contribution in [0.1, 0.15) is 18.5 Å². The van der Waals surface area contributed by atoms with Gasteiger partial charge in [-0.05, 0) is 18.9 Å². The molecule has 1 aliphatic rings. The Bertz CT molecular complexity index is 992. The fourth-order valence-electron chi connectivity index (χ4n) is 2.13.